The van der Waals surface area contributed by atoms with E-state index in [4.69, 9.17) is 17.3 Å². The number of alkyl halides is 3. The Morgan fingerprint density at radius 2 is 1.94 bits per heavy atom. The van der Waals surface area contributed by atoms with Crippen LogP contribution in [0.1, 0.15) is 18.9 Å². The zero-order valence-corrected chi connectivity index (χ0v) is 19.3. The van der Waals surface area contributed by atoms with Gasteiger partial charge in [-0.3, -0.25) is 0 Å². The van der Waals surface area contributed by atoms with Gasteiger partial charge in [-0.25, -0.2) is 13.5 Å². The molecule has 1 unspecified atom stereocenters. The summed E-state index contributed by atoms with van der Waals surface area (Å²) in [7, 11) is -3.92. The van der Waals surface area contributed by atoms with Gasteiger partial charge in [-0.05, 0) is 43.2 Å². The second-order valence-electron chi connectivity index (χ2n) is 8.16. The highest BCUT2D eigenvalue weighted by atomic mass is 35.5. The van der Waals surface area contributed by atoms with Gasteiger partial charge < -0.3 is 16.2 Å². The van der Waals surface area contributed by atoms with Crippen molar-refractivity contribution in [2.75, 3.05) is 24.1 Å². The lowest BCUT2D eigenvalue weighted by Gasteiger charge is -2.20. The molecule has 0 amide bonds. The van der Waals surface area contributed by atoms with Crippen molar-refractivity contribution in [1.29, 1.82) is 0 Å². The predicted molar refractivity (Wildman–Crippen MR) is 120 cm³/mol. The van der Waals surface area contributed by atoms with E-state index in [1.165, 1.54) is 30.3 Å². The van der Waals surface area contributed by atoms with Gasteiger partial charge in [0.1, 0.15) is 0 Å². The van der Waals surface area contributed by atoms with Crippen molar-refractivity contribution in [3.05, 3.63) is 47.0 Å². The fourth-order valence-electron chi connectivity index (χ4n) is 3.71. The summed E-state index contributed by atoms with van der Waals surface area (Å²) in [6.07, 6.45) is -4.48. The fourth-order valence-corrected chi connectivity index (χ4v) is 5.59. The second-order valence-corrected chi connectivity index (χ2v) is 10.5. The number of nitrogens with two attached hydrogens (primary N) is 1. The summed E-state index contributed by atoms with van der Waals surface area (Å²) in [6.45, 7) is 1.63. The standard InChI is InChI=1S/C20H20ClF3N6O3S/c1-19(31)6-7-30(10-19)34(32,33)13-4-2-11(3-5-13)16-14(20(22,23)24)8-12(9-15(16)21)26-18-27-17(25)28-29-18/h2-5,8-9,31H,6-7,10H2,1H3,(H4,25,26,27,28,29). The second kappa shape index (κ2) is 8.41. The van der Waals surface area contributed by atoms with Crippen LogP contribution in [-0.2, 0) is 16.2 Å². The first kappa shape index (κ1) is 24.3. The maximum absolute atomic E-state index is 13.9. The lowest BCUT2D eigenvalue weighted by atomic mass is 9.98. The first-order valence-electron chi connectivity index (χ1n) is 9.95. The maximum Gasteiger partial charge on any atom is 0.417 e. The van der Waals surface area contributed by atoms with Crippen LogP contribution < -0.4 is 11.1 Å². The van der Waals surface area contributed by atoms with Crippen molar-refractivity contribution in [2.45, 2.75) is 30.0 Å². The number of β-amino-alcohol motifs (C(OH)–C–C–N with tert-alkyl or cyclic N) is 1. The summed E-state index contributed by atoms with van der Waals surface area (Å²) in [4.78, 5) is 3.68. The van der Waals surface area contributed by atoms with Gasteiger partial charge in [-0.2, -0.15) is 22.5 Å². The molecule has 2 heterocycles. The van der Waals surface area contributed by atoms with E-state index in [0.29, 0.717) is 0 Å². The van der Waals surface area contributed by atoms with Crippen LogP contribution >= 0.6 is 11.6 Å². The molecular weight excluding hydrogens is 497 g/mol. The summed E-state index contributed by atoms with van der Waals surface area (Å²) in [5.41, 5.74) is 3.03. The van der Waals surface area contributed by atoms with E-state index >= 15 is 0 Å². The number of nitrogens with zero attached hydrogens (tertiary/aromatic N) is 3. The molecule has 0 bridgehead atoms. The molecule has 5 N–H and O–H groups in total. The highest BCUT2D eigenvalue weighted by Crippen LogP contribution is 2.43. The number of nitrogen functional groups attached to an aromatic ring is 1. The van der Waals surface area contributed by atoms with E-state index in [1.54, 1.807) is 6.92 Å². The van der Waals surface area contributed by atoms with Crippen LogP contribution in [0.25, 0.3) is 11.1 Å². The average Bonchev–Trinajstić information content (AvgIpc) is 3.32. The van der Waals surface area contributed by atoms with Crippen LogP contribution in [0.2, 0.25) is 5.02 Å². The number of H-pyrrole nitrogens is 1. The lowest BCUT2D eigenvalue weighted by Crippen LogP contribution is -2.33. The molecule has 0 radical (unpaired) electrons. The normalized spacial score (nSPS) is 19.5. The van der Waals surface area contributed by atoms with E-state index in [1.807, 2.05) is 0 Å². The van der Waals surface area contributed by atoms with Crippen LogP contribution in [-0.4, -0.2) is 51.7 Å². The molecule has 0 spiro atoms. The molecule has 14 heteroatoms. The zero-order valence-electron chi connectivity index (χ0n) is 17.7. The van der Waals surface area contributed by atoms with E-state index in [2.05, 4.69) is 20.5 Å². The van der Waals surface area contributed by atoms with Crippen molar-refractivity contribution < 1.29 is 26.7 Å². The minimum absolute atomic E-state index is 0.0136. The molecule has 2 aromatic carbocycles. The number of aromatic amines is 1. The first-order valence-corrected chi connectivity index (χ1v) is 11.8. The van der Waals surface area contributed by atoms with Crippen LogP contribution in [0.5, 0.6) is 0 Å². The van der Waals surface area contributed by atoms with E-state index in [-0.39, 0.29) is 58.1 Å². The Balaban J connectivity index is 1.69. The molecule has 1 fully saturated rings. The number of nitrogens with one attached hydrogen (secondary N) is 2. The minimum atomic E-state index is -4.76. The molecular formula is C20H20ClF3N6O3S. The summed E-state index contributed by atoms with van der Waals surface area (Å²) in [6, 6.07) is 7.09. The van der Waals surface area contributed by atoms with Crippen molar-refractivity contribution in [3.63, 3.8) is 0 Å². The summed E-state index contributed by atoms with van der Waals surface area (Å²) < 4.78 is 68.6. The molecule has 34 heavy (non-hydrogen) atoms. The Kier molecular flexibility index (Phi) is 6.00. The van der Waals surface area contributed by atoms with Crippen molar-refractivity contribution >= 4 is 39.2 Å². The molecule has 3 aromatic rings. The predicted octanol–water partition coefficient (Wildman–Crippen LogP) is 3.62. The van der Waals surface area contributed by atoms with Crippen LogP contribution in [0.3, 0.4) is 0 Å². The Morgan fingerprint density at radius 3 is 2.47 bits per heavy atom. The number of benzene rings is 2. The maximum atomic E-state index is 13.9. The van der Waals surface area contributed by atoms with Crippen molar-refractivity contribution in [2.24, 2.45) is 0 Å². The largest absolute Gasteiger partial charge is 0.417 e. The summed E-state index contributed by atoms with van der Waals surface area (Å²) in [5, 5.41) is 18.5. The lowest BCUT2D eigenvalue weighted by molar-refractivity contribution is -0.137. The van der Waals surface area contributed by atoms with Crippen LogP contribution in [0.4, 0.5) is 30.8 Å². The molecule has 182 valence electrons. The summed E-state index contributed by atoms with van der Waals surface area (Å²) in [5.74, 6) is -0.0567. The molecule has 0 aliphatic carbocycles. The van der Waals surface area contributed by atoms with Crippen LogP contribution in [0, 0.1) is 0 Å². The topological polar surface area (TPSA) is 137 Å². The Labute approximate surface area is 197 Å². The Bertz CT molecular complexity index is 1330. The number of rotatable bonds is 5. The highest BCUT2D eigenvalue weighted by Gasteiger charge is 2.39. The fraction of sp³-hybridized carbons (Fsp3) is 0.300. The highest BCUT2D eigenvalue weighted by molar-refractivity contribution is 7.89. The molecule has 0 saturated carbocycles. The Hall–Kier alpha value is -2.87. The molecule has 1 saturated heterocycles. The molecule has 1 aromatic heterocycles. The minimum Gasteiger partial charge on any atom is -0.389 e. The van der Waals surface area contributed by atoms with E-state index in [0.717, 1.165) is 10.4 Å². The molecule has 1 aliphatic rings. The number of aliphatic hydroxyl groups is 1. The van der Waals surface area contributed by atoms with Gasteiger partial charge in [0.05, 0.1) is 21.1 Å². The number of aromatic nitrogens is 3. The van der Waals surface area contributed by atoms with Crippen molar-refractivity contribution in [3.8, 4) is 11.1 Å². The third-order valence-electron chi connectivity index (χ3n) is 5.35. The van der Waals surface area contributed by atoms with Gasteiger partial charge in [-0.15, -0.1) is 5.10 Å². The number of anilines is 3. The van der Waals surface area contributed by atoms with Gasteiger partial charge in [0.2, 0.25) is 21.9 Å². The zero-order chi connectivity index (χ0) is 24.9. The van der Waals surface area contributed by atoms with E-state index in [9.17, 15) is 26.7 Å². The average molecular weight is 517 g/mol. The van der Waals surface area contributed by atoms with Gasteiger partial charge >= 0.3 is 6.18 Å². The van der Waals surface area contributed by atoms with Gasteiger partial charge in [0.15, 0.2) is 0 Å². The van der Waals surface area contributed by atoms with Gasteiger partial charge in [0, 0.05) is 24.3 Å². The van der Waals surface area contributed by atoms with E-state index < -0.39 is 27.4 Å². The Morgan fingerprint density at radius 1 is 1.26 bits per heavy atom. The monoisotopic (exact) mass is 516 g/mol. The SMILES string of the molecule is CC1(O)CCN(S(=O)(=O)c2ccc(-c3c(Cl)cc(Nc4n[nH]c(N)n4)cc3C(F)(F)F)cc2)C1. The van der Waals surface area contributed by atoms with Crippen molar-refractivity contribution in [1.82, 2.24) is 19.5 Å². The number of halogens is 4. The summed E-state index contributed by atoms with van der Waals surface area (Å²) >= 11 is 6.24. The third-order valence-corrected chi connectivity index (χ3v) is 7.51. The third kappa shape index (κ3) is 4.82. The van der Waals surface area contributed by atoms with Gasteiger partial charge in [-0.1, -0.05) is 23.7 Å². The molecule has 9 nitrogen and oxygen atoms in total. The first-order chi connectivity index (χ1) is 15.8. The quantitative estimate of drug-likeness (QED) is 0.406. The number of hydrogen-bond acceptors (Lipinski definition) is 7. The molecule has 1 atom stereocenters. The van der Waals surface area contributed by atoms with Crippen LogP contribution in [0.15, 0.2) is 41.3 Å². The molecule has 4 rings (SSSR count). The van der Waals surface area contributed by atoms with Gasteiger partial charge in [0.25, 0.3) is 0 Å². The number of hydrogen-bond donors (Lipinski definition) is 4. The number of sulfonamides is 1. The molecule has 1 aliphatic heterocycles. The smallest absolute Gasteiger partial charge is 0.389 e.